The van der Waals surface area contributed by atoms with Crippen molar-refractivity contribution >= 4 is 27.7 Å². The Balaban J connectivity index is 3.09. The predicted octanol–water partition coefficient (Wildman–Crippen LogP) is 2.03. The highest BCUT2D eigenvalue weighted by molar-refractivity contribution is 9.10. The Labute approximate surface area is 83.0 Å². The third-order valence-corrected chi connectivity index (χ3v) is 2.04. The van der Waals surface area contributed by atoms with Crippen molar-refractivity contribution in [1.82, 2.24) is 0 Å². The number of rotatable bonds is 2. The van der Waals surface area contributed by atoms with Gasteiger partial charge in [0.15, 0.2) is 10.5 Å². The number of hydrogen-bond acceptors (Lipinski definition) is 4. The molecular formula is C8H7BrO4. The van der Waals surface area contributed by atoms with Crippen LogP contribution in [0.4, 0.5) is 0 Å². The van der Waals surface area contributed by atoms with Gasteiger partial charge in [-0.1, -0.05) is 0 Å². The molecule has 4 nitrogen and oxygen atoms in total. The van der Waals surface area contributed by atoms with Gasteiger partial charge in [-0.15, -0.1) is 0 Å². The third-order valence-electron chi connectivity index (χ3n) is 1.45. The molecule has 13 heavy (non-hydrogen) atoms. The lowest BCUT2D eigenvalue weighted by atomic mass is 10.2. The lowest BCUT2D eigenvalue weighted by molar-refractivity contribution is 0.0563. The van der Waals surface area contributed by atoms with Gasteiger partial charge in [-0.05, 0) is 22.9 Å². The molecule has 0 aliphatic heterocycles. The Bertz CT molecular complexity index is 353. The van der Waals surface area contributed by atoms with Crippen LogP contribution < -0.4 is 0 Å². The summed E-state index contributed by atoms with van der Waals surface area (Å²) in [6, 6.07) is 1.35. The van der Waals surface area contributed by atoms with E-state index in [1.165, 1.54) is 20.1 Å². The second-order valence-corrected chi connectivity index (χ2v) is 3.07. The molecule has 0 atom stereocenters. The highest BCUT2D eigenvalue weighted by atomic mass is 79.9. The van der Waals surface area contributed by atoms with E-state index in [0.29, 0.717) is 5.56 Å². The van der Waals surface area contributed by atoms with E-state index in [1.54, 1.807) is 0 Å². The summed E-state index contributed by atoms with van der Waals surface area (Å²) >= 11 is 3.02. The molecule has 0 aliphatic rings. The molecule has 0 amide bonds. The molecule has 1 heterocycles. The second kappa shape index (κ2) is 3.74. The summed E-state index contributed by atoms with van der Waals surface area (Å²) in [6.45, 7) is 1.39. The number of carbonyl (C=O) groups is 2. The first-order valence-electron chi connectivity index (χ1n) is 3.45. The van der Waals surface area contributed by atoms with E-state index in [-0.39, 0.29) is 16.2 Å². The molecule has 0 saturated carbocycles. The molecule has 70 valence electrons. The predicted molar refractivity (Wildman–Crippen MR) is 47.8 cm³/mol. The normalized spacial score (nSPS) is 9.77. The number of halogens is 1. The number of carbonyl (C=O) groups excluding carboxylic acids is 2. The quantitative estimate of drug-likeness (QED) is 0.592. The van der Waals surface area contributed by atoms with Crippen molar-refractivity contribution in [2.24, 2.45) is 0 Å². The molecule has 0 fully saturated rings. The molecule has 0 unspecified atom stereocenters. The van der Waals surface area contributed by atoms with Crippen molar-refractivity contribution in [2.75, 3.05) is 7.11 Å². The molecule has 0 saturated heterocycles. The SMILES string of the molecule is COC(=O)c1cc(C(C)=O)c(Br)o1. The standard InChI is InChI=1S/C8H7BrO4/c1-4(10)5-3-6(8(11)12-2)13-7(5)9/h3H,1-2H3. The average Bonchev–Trinajstić information content (AvgIpc) is 2.46. The van der Waals surface area contributed by atoms with E-state index >= 15 is 0 Å². The van der Waals surface area contributed by atoms with Gasteiger partial charge >= 0.3 is 5.97 Å². The van der Waals surface area contributed by atoms with Crippen LogP contribution in [0.2, 0.25) is 0 Å². The van der Waals surface area contributed by atoms with E-state index in [0.717, 1.165) is 0 Å². The van der Waals surface area contributed by atoms with Gasteiger partial charge in [-0.25, -0.2) is 4.79 Å². The zero-order valence-corrected chi connectivity index (χ0v) is 8.67. The first-order valence-corrected chi connectivity index (χ1v) is 4.24. The number of ketones is 1. The fourth-order valence-corrected chi connectivity index (χ4v) is 1.38. The molecule has 0 N–H and O–H groups in total. The van der Waals surface area contributed by atoms with Gasteiger partial charge in [-0.3, -0.25) is 4.79 Å². The van der Waals surface area contributed by atoms with Gasteiger partial charge in [0.2, 0.25) is 5.76 Å². The van der Waals surface area contributed by atoms with Gasteiger partial charge in [0, 0.05) is 6.07 Å². The highest BCUT2D eigenvalue weighted by Crippen LogP contribution is 2.22. The van der Waals surface area contributed by atoms with Crippen LogP contribution in [0.15, 0.2) is 15.2 Å². The lowest BCUT2D eigenvalue weighted by Gasteiger charge is -1.90. The minimum absolute atomic E-state index is 0.0135. The molecule has 1 rings (SSSR count). The molecule has 0 bridgehead atoms. The van der Waals surface area contributed by atoms with Crippen LogP contribution in [0.3, 0.4) is 0 Å². The van der Waals surface area contributed by atoms with Crippen molar-refractivity contribution in [3.8, 4) is 0 Å². The number of ether oxygens (including phenoxy) is 1. The molecule has 0 radical (unpaired) electrons. The number of hydrogen-bond donors (Lipinski definition) is 0. The zero-order chi connectivity index (χ0) is 10.0. The minimum Gasteiger partial charge on any atom is -0.463 e. The average molecular weight is 247 g/mol. The Kier molecular flexibility index (Phi) is 2.87. The summed E-state index contributed by atoms with van der Waals surface area (Å²) in [5, 5.41) is 0. The lowest BCUT2D eigenvalue weighted by Crippen LogP contribution is -1.98. The van der Waals surface area contributed by atoms with E-state index < -0.39 is 5.97 Å². The largest absolute Gasteiger partial charge is 0.463 e. The van der Waals surface area contributed by atoms with Crippen molar-refractivity contribution in [1.29, 1.82) is 0 Å². The van der Waals surface area contributed by atoms with E-state index in [9.17, 15) is 9.59 Å². The maximum absolute atomic E-state index is 11.0. The number of esters is 1. The second-order valence-electron chi connectivity index (χ2n) is 2.35. The molecule has 0 aromatic carbocycles. The zero-order valence-electron chi connectivity index (χ0n) is 7.09. The number of methoxy groups -OCH3 is 1. The van der Waals surface area contributed by atoms with Gasteiger partial charge < -0.3 is 9.15 Å². The molecule has 1 aromatic heterocycles. The van der Waals surface area contributed by atoms with Crippen molar-refractivity contribution in [3.63, 3.8) is 0 Å². The van der Waals surface area contributed by atoms with Crippen molar-refractivity contribution in [3.05, 3.63) is 22.1 Å². The van der Waals surface area contributed by atoms with Crippen LogP contribution in [0.25, 0.3) is 0 Å². The van der Waals surface area contributed by atoms with Crippen LogP contribution in [-0.4, -0.2) is 18.9 Å². The number of Topliss-reactive ketones (excluding diaryl/α,β-unsaturated/α-hetero) is 1. The summed E-state index contributed by atoms with van der Waals surface area (Å²) in [5.41, 5.74) is 0.334. The Morgan fingerprint density at radius 2 is 2.15 bits per heavy atom. The minimum atomic E-state index is -0.604. The van der Waals surface area contributed by atoms with E-state index in [1.807, 2.05) is 0 Å². The summed E-state index contributed by atoms with van der Waals surface area (Å²) in [7, 11) is 1.24. The van der Waals surface area contributed by atoms with Gasteiger partial charge in [0.05, 0.1) is 12.7 Å². The molecule has 1 aromatic rings. The Morgan fingerprint density at radius 3 is 2.54 bits per heavy atom. The van der Waals surface area contributed by atoms with Crippen LogP contribution >= 0.6 is 15.9 Å². The van der Waals surface area contributed by atoms with Gasteiger partial charge in [-0.2, -0.15) is 0 Å². The van der Waals surface area contributed by atoms with E-state index in [4.69, 9.17) is 4.42 Å². The van der Waals surface area contributed by atoms with Crippen molar-refractivity contribution in [2.45, 2.75) is 6.92 Å². The van der Waals surface area contributed by atoms with Gasteiger partial charge in [0.1, 0.15) is 0 Å². The van der Waals surface area contributed by atoms with Crippen LogP contribution in [0.5, 0.6) is 0 Å². The molecular weight excluding hydrogens is 240 g/mol. The first kappa shape index (κ1) is 9.98. The summed E-state index contributed by atoms with van der Waals surface area (Å²) in [5.74, 6) is -0.765. The van der Waals surface area contributed by atoms with Crippen LogP contribution in [-0.2, 0) is 4.74 Å². The molecule has 0 spiro atoms. The molecule has 5 heteroatoms. The van der Waals surface area contributed by atoms with E-state index in [2.05, 4.69) is 20.7 Å². The van der Waals surface area contributed by atoms with Crippen molar-refractivity contribution < 1.29 is 18.7 Å². The first-order chi connectivity index (χ1) is 6.06. The Hall–Kier alpha value is -1.10. The highest BCUT2D eigenvalue weighted by Gasteiger charge is 2.17. The topological polar surface area (TPSA) is 56.5 Å². The maximum atomic E-state index is 11.0. The smallest absolute Gasteiger partial charge is 0.374 e. The molecule has 0 aliphatic carbocycles. The van der Waals surface area contributed by atoms with Crippen LogP contribution in [0, 0.1) is 0 Å². The fraction of sp³-hybridized carbons (Fsp3) is 0.250. The monoisotopic (exact) mass is 246 g/mol. The number of furan rings is 1. The summed E-state index contributed by atoms with van der Waals surface area (Å²) in [6.07, 6.45) is 0. The summed E-state index contributed by atoms with van der Waals surface area (Å²) < 4.78 is 9.62. The maximum Gasteiger partial charge on any atom is 0.374 e. The van der Waals surface area contributed by atoms with Crippen LogP contribution in [0.1, 0.15) is 27.8 Å². The van der Waals surface area contributed by atoms with Gasteiger partial charge in [0.25, 0.3) is 0 Å². The third kappa shape index (κ3) is 1.98. The summed E-state index contributed by atoms with van der Waals surface area (Å²) in [4.78, 5) is 21.9. The Morgan fingerprint density at radius 1 is 1.54 bits per heavy atom. The fourth-order valence-electron chi connectivity index (χ4n) is 0.810.